The number of nitro groups is 1. The van der Waals surface area contributed by atoms with E-state index in [1.165, 1.54) is 18.2 Å². The summed E-state index contributed by atoms with van der Waals surface area (Å²) in [5, 5.41) is 25.9. The van der Waals surface area contributed by atoms with Crippen molar-refractivity contribution in [2.45, 2.75) is 6.92 Å². The van der Waals surface area contributed by atoms with Crippen molar-refractivity contribution in [1.82, 2.24) is 5.32 Å². The summed E-state index contributed by atoms with van der Waals surface area (Å²) in [5.41, 5.74) is 0.963. The summed E-state index contributed by atoms with van der Waals surface area (Å²) in [6, 6.07) is 7.33. The number of hydrogen-bond acceptors (Lipinski definition) is 5. The number of hydrogen-bond donors (Lipinski definition) is 3. The number of nitro benzene ring substituents is 1. The van der Waals surface area contributed by atoms with Crippen LogP contribution in [0.5, 0.6) is 5.75 Å². The molecule has 0 saturated carbocycles. The van der Waals surface area contributed by atoms with E-state index in [9.17, 15) is 20.0 Å². The molecule has 2 aromatic carbocycles. The van der Waals surface area contributed by atoms with Gasteiger partial charge in [0.25, 0.3) is 11.6 Å². The van der Waals surface area contributed by atoms with Gasteiger partial charge >= 0.3 is 0 Å². The standard InChI is InChI=1S/C15H11Br2N3O4S/c1-7-2-3-8(4-12(7)20(23)24)14(22)19-15(25)18-9-5-10(16)13(21)11(17)6-9/h2-6,21H,1H3,(H2,18,19,22,25). The Morgan fingerprint density at radius 1 is 1.24 bits per heavy atom. The summed E-state index contributed by atoms with van der Waals surface area (Å²) in [4.78, 5) is 22.6. The first-order chi connectivity index (χ1) is 11.7. The number of carbonyl (C=O) groups excluding carboxylic acids is 1. The lowest BCUT2D eigenvalue weighted by atomic mass is 10.1. The third kappa shape index (κ3) is 4.74. The number of amides is 1. The number of nitrogens with one attached hydrogen (secondary N) is 2. The van der Waals surface area contributed by atoms with Crippen LogP contribution in [0.4, 0.5) is 11.4 Å². The largest absolute Gasteiger partial charge is 0.506 e. The molecule has 1 amide bonds. The molecule has 0 radical (unpaired) electrons. The summed E-state index contributed by atoms with van der Waals surface area (Å²) in [5.74, 6) is -0.537. The van der Waals surface area contributed by atoms with Crippen molar-refractivity contribution in [3.05, 3.63) is 60.5 Å². The molecule has 0 aliphatic carbocycles. The highest BCUT2D eigenvalue weighted by Gasteiger charge is 2.16. The van der Waals surface area contributed by atoms with Gasteiger partial charge in [-0.3, -0.25) is 20.2 Å². The molecular weight excluding hydrogens is 478 g/mol. The Labute approximate surface area is 164 Å². The molecule has 0 bridgehead atoms. The fourth-order valence-corrected chi connectivity index (χ4v) is 3.32. The molecule has 130 valence electrons. The third-order valence-electron chi connectivity index (χ3n) is 3.17. The maximum Gasteiger partial charge on any atom is 0.273 e. The first kappa shape index (κ1) is 19.3. The molecule has 3 N–H and O–H groups in total. The van der Waals surface area contributed by atoms with Crippen molar-refractivity contribution in [2.24, 2.45) is 0 Å². The molecule has 7 nitrogen and oxygen atoms in total. The summed E-state index contributed by atoms with van der Waals surface area (Å²) in [6.45, 7) is 1.59. The highest BCUT2D eigenvalue weighted by molar-refractivity contribution is 9.11. The average Bonchev–Trinajstić information content (AvgIpc) is 2.52. The fourth-order valence-electron chi connectivity index (χ4n) is 1.92. The monoisotopic (exact) mass is 487 g/mol. The molecule has 0 spiro atoms. The number of anilines is 1. The van der Waals surface area contributed by atoms with Crippen molar-refractivity contribution >= 4 is 66.5 Å². The van der Waals surface area contributed by atoms with Crippen LogP contribution in [-0.4, -0.2) is 21.0 Å². The zero-order valence-corrected chi connectivity index (χ0v) is 16.7. The number of halogens is 2. The van der Waals surface area contributed by atoms with Crippen molar-refractivity contribution in [1.29, 1.82) is 0 Å². The minimum absolute atomic E-state index is 0.0118. The van der Waals surface area contributed by atoms with Gasteiger partial charge in [0.15, 0.2) is 5.11 Å². The molecule has 25 heavy (non-hydrogen) atoms. The quantitative estimate of drug-likeness (QED) is 0.258. The van der Waals surface area contributed by atoms with Crippen LogP contribution >= 0.6 is 44.1 Å². The zero-order chi connectivity index (χ0) is 18.7. The van der Waals surface area contributed by atoms with Gasteiger partial charge in [-0.1, -0.05) is 6.07 Å². The molecule has 0 fully saturated rings. The van der Waals surface area contributed by atoms with E-state index in [1.807, 2.05) is 0 Å². The highest BCUT2D eigenvalue weighted by Crippen LogP contribution is 2.35. The van der Waals surface area contributed by atoms with Crippen LogP contribution in [-0.2, 0) is 0 Å². The van der Waals surface area contributed by atoms with E-state index in [4.69, 9.17) is 12.2 Å². The number of benzene rings is 2. The smallest absolute Gasteiger partial charge is 0.273 e. The van der Waals surface area contributed by atoms with Gasteiger partial charge in [0.2, 0.25) is 0 Å². The lowest BCUT2D eigenvalue weighted by molar-refractivity contribution is -0.385. The normalized spacial score (nSPS) is 10.2. The van der Waals surface area contributed by atoms with E-state index in [0.717, 1.165) is 0 Å². The van der Waals surface area contributed by atoms with Gasteiger partial charge in [0.05, 0.1) is 13.9 Å². The third-order valence-corrected chi connectivity index (χ3v) is 4.58. The van der Waals surface area contributed by atoms with Gasteiger partial charge in [-0.25, -0.2) is 0 Å². The van der Waals surface area contributed by atoms with E-state index < -0.39 is 10.8 Å². The summed E-state index contributed by atoms with van der Waals surface area (Å²) >= 11 is 11.4. The molecule has 2 aromatic rings. The number of nitrogens with zero attached hydrogens (tertiary/aromatic N) is 1. The van der Waals surface area contributed by atoms with Crippen LogP contribution in [0.1, 0.15) is 15.9 Å². The Morgan fingerprint density at radius 3 is 2.40 bits per heavy atom. The number of aryl methyl sites for hydroxylation is 1. The predicted octanol–water partition coefficient (Wildman–Crippen LogP) is 4.26. The van der Waals surface area contributed by atoms with Crippen molar-refractivity contribution in [3.63, 3.8) is 0 Å². The lowest BCUT2D eigenvalue weighted by Crippen LogP contribution is -2.34. The number of rotatable bonds is 3. The van der Waals surface area contributed by atoms with Crippen LogP contribution in [0.2, 0.25) is 0 Å². The number of aromatic hydroxyl groups is 1. The van der Waals surface area contributed by atoms with Crippen molar-refractivity contribution < 1.29 is 14.8 Å². The molecule has 2 rings (SSSR count). The van der Waals surface area contributed by atoms with Gasteiger partial charge in [0.1, 0.15) is 5.75 Å². The van der Waals surface area contributed by atoms with E-state index in [2.05, 4.69) is 42.5 Å². The molecule has 10 heteroatoms. The maximum absolute atomic E-state index is 12.2. The minimum Gasteiger partial charge on any atom is -0.506 e. The summed E-state index contributed by atoms with van der Waals surface area (Å²) in [6.07, 6.45) is 0. The molecule has 0 aromatic heterocycles. The SMILES string of the molecule is Cc1ccc(C(=O)NC(=S)Nc2cc(Br)c(O)c(Br)c2)cc1[N+](=O)[O-]. The van der Waals surface area contributed by atoms with Crippen LogP contribution in [0.25, 0.3) is 0 Å². The van der Waals surface area contributed by atoms with Gasteiger partial charge in [0, 0.05) is 22.9 Å². The van der Waals surface area contributed by atoms with Crippen molar-refractivity contribution in [3.8, 4) is 5.75 Å². The van der Waals surface area contributed by atoms with E-state index in [1.54, 1.807) is 19.1 Å². The van der Waals surface area contributed by atoms with Crippen LogP contribution in [0.15, 0.2) is 39.3 Å². The molecule has 0 saturated heterocycles. The summed E-state index contributed by atoms with van der Waals surface area (Å²) < 4.78 is 0.875. The van der Waals surface area contributed by atoms with Gasteiger partial charge in [-0.15, -0.1) is 0 Å². The van der Waals surface area contributed by atoms with Gasteiger partial charge < -0.3 is 10.4 Å². The van der Waals surface area contributed by atoms with Crippen molar-refractivity contribution in [2.75, 3.05) is 5.32 Å². The lowest BCUT2D eigenvalue weighted by Gasteiger charge is -2.11. The molecule has 0 heterocycles. The second kappa shape index (κ2) is 7.89. The fraction of sp³-hybridized carbons (Fsp3) is 0.0667. The van der Waals surface area contributed by atoms with E-state index >= 15 is 0 Å². The Bertz CT molecular complexity index is 866. The van der Waals surface area contributed by atoms with Gasteiger partial charge in [-0.05, 0) is 69.2 Å². The number of thiocarbonyl (C=S) groups is 1. The minimum atomic E-state index is -0.572. The topological polar surface area (TPSA) is 104 Å². The number of carbonyl (C=O) groups is 1. The second-order valence-corrected chi connectivity index (χ2v) is 7.07. The maximum atomic E-state index is 12.2. The highest BCUT2D eigenvalue weighted by atomic mass is 79.9. The molecule has 0 aliphatic rings. The number of phenols is 1. The Kier molecular flexibility index (Phi) is 6.09. The Balaban J connectivity index is 2.12. The first-order valence-electron chi connectivity index (χ1n) is 6.74. The van der Waals surface area contributed by atoms with Crippen LogP contribution in [0.3, 0.4) is 0 Å². The zero-order valence-electron chi connectivity index (χ0n) is 12.7. The summed E-state index contributed by atoms with van der Waals surface area (Å²) in [7, 11) is 0. The second-order valence-electron chi connectivity index (χ2n) is 4.96. The first-order valence-corrected chi connectivity index (χ1v) is 8.74. The van der Waals surface area contributed by atoms with Gasteiger partial charge in [-0.2, -0.15) is 0 Å². The Hall–Kier alpha value is -2.04. The van der Waals surface area contributed by atoms with Crippen LogP contribution < -0.4 is 10.6 Å². The van der Waals surface area contributed by atoms with E-state index in [-0.39, 0.29) is 22.1 Å². The average molecular weight is 489 g/mol. The predicted molar refractivity (Wildman–Crippen MR) is 105 cm³/mol. The Morgan fingerprint density at radius 2 is 1.84 bits per heavy atom. The molecule has 0 unspecified atom stereocenters. The van der Waals surface area contributed by atoms with Crippen LogP contribution in [0, 0.1) is 17.0 Å². The number of phenolic OH excluding ortho intramolecular Hbond substituents is 1. The molecule has 0 atom stereocenters. The van der Waals surface area contributed by atoms with E-state index in [0.29, 0.717) is 20.2 Å². The molecular formula is C15H11Br2N3O4S. The molecule has 0 aliphatic heterocycles.